The minimum atomic E-state index is -0.730. The molecule has 0 radical (unpaired) electrons. The molecule has 3 heteroatoms. The summed E-state index contributed by atoms with van der Waals surface area (Å²) < 4.78 is 6.16. The maximum absolute atomic E-state index is 9.36. The van der Waals surface area contributed by atoms with Crippen LogP contribution in [0.1, 0.15) is 23.0 Å². The summed E-state index contributed by atoms with van der Waals surface area (Å²) in [6.07, 6.45) is -0.730. The highest BCUT2D eigenvalue weighted by Crippen LogP contribution is 2.33. The first-order valence-electron chi connectivity index (χ1n) is 3.77. The first-order valence-corrected chi connectivity index (χ1v) is 4.57. The third kappa shape index (κ3) is 1.09. The van der Waals surface area contributed by atoms with Gasteiger partial charge in [0.15, 0.2) is 6.29 Å². The standard InChI is InChI=1S/C9H9BrO2/c1-5-7-4-12-9(11)6(7)2-3-8(5)10/h2-3,9,11H,4H2,1H3/t9-/m0/s1. The van der Waals surface area contributed by atoms with Gasteiger partial charge in [-0.15, -0.1) is 0 Å². The molecule has 0 fully saturated rings. The molecular weight excluding hydrogens is 220 g/mol. The lowest BCUT2D eigenvalue weighted by Gasteiger charge is -2.04. The predicted octanol–water partition coefficient (Wildman–Crippen LogP) is 2.28. The van der Waals surface area contributed by atoms with E-state index in [-0.39, 0.29) is 0 Å². The average Bonchev–Trinajstić information content (AvgIpc) is 2.41. The van der Waals surface area contributed by atoms with Crippen LogP contribution in [0.2, 0.25) is 0 Å². The molecule has 0 spiro atoms. The van der Waals surface area contributed by atoms with Crippen molar-refractivity contribution in [3.05, 3.63) is 33.3 Å². The molecule has 0 aromatic heterocycles. The molecule has 1 aromatic rings. The molecule has 0 aliphatic carbocycles. The van der Waals surface area contributed by atoms with E-state index in [0.29, 0.717) is 6.61 Å². The molecule has 2 rings (SSSR count). The number of aliphatic hydroxyl groups is 1. The number of halogens is 1. The van der Waals surface area contributed by atoms with E-state index in [1.807, 2.05) is 19.1 Å². The van der Waals surface area contributed by atoms with Crippen LogP contribution in [0.4, 0.5) is 0 Å². The van der Waals surface area contributed by atoms with Gasteiger partial charge in [0.05, 0.1) is 6.61 Å². The second-order valence-corrected chi connectivity index (χ2v) is 3.76. The summed E-state index contributed by atoms with van der Waals surface area (Å²) in [5, 5.41) is 9.36. The first kappa shape index (κ1) is 8.23. The van der Waals surface area contributed by atoms with E-state index in [0.717, 1.165) is 21.2 Å². The van der Waals surface area contributed by atoms with Crippen LogP contribution in [0.5, 0.6) is 0 Å². The fourth-order valence-electron chi connectivity index (χ4n) is 1.42. The highest BCUT2D eigenvalue weighted by Gasteiger charge is 2.22. The molecule has 1 aliphatic rings. The molecule has 64 valence electrons. The number of hydrogen-bond acceptors (Lipinski definition) is 2. The highest BCUT2D eigenvalue weighted by molar-refractivity contribution is 9.10. The van der Waals surface area contributed by atoms with Crippen molar-refractivity contribution in [2.45, 2.75) is 19.8 Å². The molecule has 0 bridgehead atoms. The summed E-state index contributed by atoms with van der Waals surface area (Å²) in [6, 6.07) is 3.83. The summed E-state index contributed by atoms with van der Waals surface area (Å²) in [6.45, 7) is 2.53. The van der Waals surface area contributed by atoms with Gasteiger partial charge in [0.25, 0.3) is 0 Å². The molecule has 0 saturated heterocycles. The van der Waals surface area contributed by atoms with Crippen molar-refractivity contribution in [1.82, 2.24) is 0 Å². The van der Waals surface area contributed by atoms with Crippen LogP contribution in [0, 0.1) is 6.92 Å². The van der Waals surface area contributed by atoms with Gasteiger partial charge in [0, 0.05) is 10.0 Å². The van der Waals surface area contributed by atoms with E-state index < -0.39 is 6.29 Å². The van der Waals surface area contributed by atoms with Crippen molar-refractivity contribution in [2.75, 3.05) is 0 Å². The van der Waals surface area contributed by atoms with Crippen LogP contribution in [-0.4, -0.2) is 5.11 Å². The summed E-state index contributed by atoms with van der Waals surface area (Å²) in [5.74, 6) is 0. The zero-order valence-corrected chi connectivity index (χ0v) is 8.26. The molecule has 2 nitrogen and oxygen atoms in total. The van der Waals surface area contributed by atoms with Crippen LogP contribution < -0.4 is 0 Å². The lowest BCUT2D eigenvalue weighted by Crippen LogP contribution is -1.92. The molecule has 0 saturated carbocycles. The maximum Gasteiger partial charge on any atom is 0.181 e. The monoisotopic (exact) mass is 228 g/mol. The molecule has 1 N–H and O–H groups in total. The quantitative estimate of drug-likeness (QED) is 0.739. The Kier molecular flexibility index (Phi) is 1.94. The highest BCUT2D eigenvalue weighted by atomic mass is 79.9. The summed E-state index contributed by atoms with van der Waals surface area (Å²) in [4.78, 5) is 0. The van der Waals surface area contributed by atoms with Crippen LogP contribution in [0.25, 0.3) is 0 Å². The SMILES string of the molecule is Cc1c(Br)ccc2c1CO[C@@H]2O. The molecule has 1 heterocycles. The van der Waals surface area contributed by atoms with Gasteiger partial charge in [-0.05, 0) is 24.1 Å². The van der Waals surface area contributed by atoms with Crippen LogP contribution in [-0.2, 0) is 11.3 Å². The molecule has 0 amide bonds. The van der Waals surface area contributed by atoms with E-state index in [9.17, 15) is 5.11 Å². The summed E-state index contributed by atoms with van der Waals surface area (Å²) >= 11 is 3.43. The Morgan fingerprint density at radius 3 is 3.08 bits per heavy atom. The predicted molar refractivity (Wildman–Crippen MR) is 48.6 cm³/mol. The lowest BCUT2D eigenvalue weighted by atomic mass is 10.0. The van der Waals surface area contributed by atoms with Crippen molar-refractivity contribution in [1.29, 1.82) is 0 Å². The molecule has 12 heavy (non-hydrogen) atoms. The zero-order chi connectivity index (χ0) is 8.72. The number of benzene rings is 1. The molecule has 1 aromatic carbocycles. The maximum atomic E-state index is 9.36. The summed E-state index contributed by atoms with van der Waals surface area (Å²) in [7, 11) is 0. The smallest absolute Gasteiger partial charge is 0.181 e. The molecule has 1 atom stereocenters. The second-order valence-electron chi connectivity index (χ2n) is 2.90. The summed E-state index contributed by atoms with van der Waals surface area (Å²) in [5.41, 5.74) is 3.16. The normalized spacial score (nSPS) is 21.1. The van der Waals surface area contributed by atoms with Crippen molar-refractivity contribution in [3.8, 4) is 0 Å². The van der Waals surface area contributed by atoms with Gasteiger partial charge in [-0.25, -0.2) is 0 Å². The number of rotatable bonds is 0. The topological polar surface area (TPSA) is 29.5 Å². The van der Waals surface area contributed by atoms with Gasteiger partial charge in [0.2, 0.25) is 0 Å². The van der Waals surface area contributed by atoms with Gasteiger partial charge in [-0.3, -0.25) is 0 Å². The van der Waals surface area contributed by atoms with E-state index >= 15 is 0 Å². The Morgan fingerprint density at radius 2 is 2.33 bits per heavy atom. The van der Waals surface area contributed by atoms with Crippen molar-refractivity contribution >= 4 is 15.9 Å². The Balaban J connectivity index is 2.60. The van der Waals surface area contributed by atoms with Crippen molar-refractivity contribution < 1.29 is 9.84 Å². The third-order valence-electron chi connectivity index (χ3n) is 2.22. The first-order chi connectivity index (χ1) is 5.70. The van der Waals surface area contributed by atoms with Gasteiger partial charge < -0.3 is 9.84 Å². The minimum absolute atomic E-state index is 0.516. The fourth-order valence-corrected chi connectivity index (χ4v) is 1.80. The van der Waals surface area contributed by atoms with E-state index in [1.165, 1.54) is 0 Å². The van der Waals surface area contributed by atoms with Crippen LogP contribution in [0.3, 0.4) is 0 Å². The largest absolute Gasteiger partial charge is 0.364 e. The van der Waals surface area contributed by atoms with Crippen LogP contribution in [0.15, 0.2) is 16.6 Å². The fraction of sp³-hybridized carbons (Fsp3) is 0.333. The zero-order valence-electron chi connectivity index (χ0n) is 6.67. The van der Waals surface area contributed by atoms with E-state index in [1.54, 1.807) is 0 Å². The van der Waals surface area contributed by atoms with Gasteiger partial charge in [0.1, 0.15) is 0 Å². The number of aliphatic hydroxyl groups excluding tert-OH is 1. The molecular formula is C9H9BrO2. The van der Waals surface area contributed by atoms with E-state index in [4.69, 9.17) is 4.74 Å². The van der Waals surface area contributed by atoms with Crippen molar-refractivity contribution in [3.63, 3.8) is 0 Å². The Hall–Kier alpha value is -0.380. The molecule has 1 aliphatic heterocycles. The number of hydrogen-bond donors (Lipinski definition) is 1. The Morgan fingerprint density at radius 1 is 1.58 bits per heavy atom. The second kappa shape index (κ2) is 2.83. The number of fused-ring (bicyclic) bond motifs is 1. The van der Waals surface area contributed by atoms with E-state index in [2.05, 4.69) is 15.9 Å². The molecule has 0 unspecified atom stereocenters. The number of ether oxygens (including phenoxy) is 1. The van der Waals surface area contributed by atoms with Crippen molar-refractivity contribution in [2.24, 2.45) is 0 Å². The third-order valence-corrected chi connectivity index (χ3v) is 3.08. The van der Waals surface area contributed by atoms with Gasteiger partial charge in [-0.2, -0.15) is 0 Å². The van der Waals surface area contributed by atoms with Gasteiger partial charge >= 0.3 is 0 Å². The minimum Gasteiger partial charge on any atom is -0.364 e. The Bertz CT molecular complexity index is 323. The van der Waals surface area contributed by atoms with Crippen LogP contribution >= 0.6 is 15.9 Å². The Labute approximate surface area is 79.3 Å². The lowest BCUT2D eigenvalue weighted by molar-refractivity contribution is -0.0918. The van der Waals surface area contributed by atoms with Gasteiger partial charge in [-0.1, -0.05) is 22.0 Å². The average molecular weight is 229 g/mol.